The van der Waals surface area contributed by atoms with Gasteiger partial charge in [-0.2, -0.15) is 19.8 Å². The van der Waals surface area contributed by atoms with E-state index in [1.165, 1.54) is 38.6 Å². The summed E-state index contributed by atoms with van der Waals surface area (Å²) < 4.78 is 0. The minimum absolute atomic E-state index is 0.813. The highest BCUT2D eigenvalue weighted by atomic mass is 15.5. The second-order valence-electron chi connectivity index (χ2n) is 12.8. The summed E-state index contributed by atoms with van der Waals surface area (Å²) in [7, 11) is 1.65. The summed E-state index contributed by atoms with van der Waals surface area (Å²) in [5.41, 5.74) is 12.5. The molecule has 0 aliphatic carbocycles. The van der Waals surface area contributed by atoms with Crippen LogP contribution in [0, 0.1) is 20.8 Å². The second kappa shape index (κ2) is 18.0. The van der Waals surface area contributed by atoms with E-state index in [0.29, 0.717) is 0 Å². The largest absolute Gasteiger partial charge is 0.192 e. The van der Waals surface area contributed by atoms with E-state index in [1.54, 1.807) is 16.6 Å². The van der Waals surface area contributed by atoms with Gasteiger partial charge in [-0.1, -0.05) is 130 Å². The second-order valence-corrected chi connectivity index (χ2v) is 12.8. The molecule has 0 fully saturated rings. The third kappa shape index (κ3) is 8.45. The predicted octanol–water partition coefficient (Wildman–Crippen LogP) is 13.0. The number of fused-ring (bicyclic) bond motifs is 6. The highest BCUT2D eigenvalue weighted by molar-refractivity contribution is 6.04. The van der Waals surface area contributed by atoms with Gasteiger partial charge in [0.25, 0.3) is 0 Å². The van der Waals surface area contributed by atoms with Crippen molar-refractivity contribution >= 4 is 61.5 Å². The normalized spacial score (nSPS) is 11.1. The third-order valence-electron chi connectivity index (χ3n) is 9.20. The number of aromatic nitrogens is 6. The van der Waals surface area contributed by atoms with Gasteiger partial charge in [0.15, 0.2) is 0 Å². The van der Waals surface area contributed by atoms with Crippen LogP contribution in [0.1, 0.15) is 55.5 Å². The van der Waals surface area contributed by atoms with Crippen LogP contribution < -0.4 is 0 Å². The first kappa shape index (κ1) is 38.9. The molecule has 2 aromatic heterocycles. The average molecular weight is 737 g/mol. The maximum Gasteiger partial charge on any atom is 0.121 e. The minimum atomic E-state index is 0.813. The summed E-state index contributed by atoms with van der Waals surface area (Å²) in [6, 6.07) is 45.3. The zero-order valence-corrected chi connectivity index (χ0v) is 33.4. The van der Waals surface area contributed by atoms with Crippen LogP contribution in [0.2, 0.25) is 0 Å². The molecule has 9 aromatic rings. The Labute approximate surface area is 328 Å². The van der Waals surface area contributed by atoms with Crippen molar-refractivity contribution in [2.75, 3.05) is 7.05 Å². The predicted molar refractivity (Wildman–Crippen MR) is 235 cm³/mol. The molecular weight excluding hydrogens is 689 g/mol. The average Bonchev–Trinajstić information content (AvgIpc) is 3.89. The zero-order chi connectivity index (χ0) is 39.6. The molecule has 0 aliphatic heterocycles. The van der Waals surface area contributed by atoms with Crippen molar-refractivity contribution in [1.82, 2.24) is 30.0 Å². The van der Waals surface area contributed by atoms with Gasteiger partial charge in [-0.3, -0.25) is 0 Å². The van der Waals surface area contributed by atoms with E-state index in [2.05, 4.69) is 126 Å². The van der Waals surface area contributed by atoms with Crippen molar-refractivity contribution in [2.45, 2.75) is 48.5 Å². The van der Waals surface area contributed by atoms with E-state index in [0.717, 1.165) is 49.9 Å². The molecule has 8 heteroatoms. The van der Waals surface area contributed by atoms with Crippen LogP contribution >= 0.6 is 0 Å². The summed E-state index contributed by atoms with van der Waals surface area (Å²) >= 11 is 0. The summed E-state index contributed by atoms with van der Waals surface area (Å²) in [4.78, 5) is 3.39. The fourth-order valence-electron chi connectivity index (χ4n) is 6.46. The highest BCUT2D eigenvalue weighted by Crippen LogP contribution is 2.26. The molecule has 0 radical (unpaired) electrons. The van der Waals surface area contributed by atoms with Gasteiger partial charge < -0.3 is 0 Å². The number of hydrogen-bond acceptors (Lipinski definition) is 6. The fraction of sp³-hybridized carbons (Fsp3) is 0.167. The van der Waals surface area contributed by atoms with E-state index in [1.807, 2.05) is 88.4 Å². The maximum absolute atomic E-state index is 4.78. The number of rotatable bonds is 5. The molecule has 9 rings (SSSR count). The SMILES string of the molecule is CC.CC.CN=Nc1ccc(-n2nc3ccc4ccccc4c3n2)cc1.Cc1ccc(C=Cc2ccc(-n3nc4ccc5ccccc5c4n3)cc2C)c(C)c1. The zero-order valence-electron chi connectivity index (χ0n) is 33.4. The lowest BCUT2D eigenvalue weighted by Crippen LogP contribution is -1.99. The Kier molecular flexibility index (Phi) is 12.5. The Morgan fingerprint density at radius 2 is 0.964 bits per heavy atom. The Bertz CT molecular complexity index is 2790. The van der Waals surface area contributed by atoms with Crippen LogP contribution in [0.3, 0.4) is 0 Å². The van der Waals surface area contributed by atoms with E-state index < -0.39 is 0 Å². The fourth-order valence-corrected chi connectivity index (χ4v) is 6.46. The lowest BCUT2D eigenvalue weighted by atomic mass is 10.0. The van der Waals surface area contributed by atoms with Crippen molar-refractivity contribution in [2.24, 2.45) is 10.2 Å². The number of hydrogen-bond donors (Lipinski definition) is 0. The van der Waals surface area contributed by atoms with Gasteiger partial charge in [-0.15, -0.1) is 20.4 Å². The molecule has 0 amide bonds. The van der Waals surface area contributed by atoms with Gasteiger partial charge in [0.05, 0.1) is 17.1 Å². The van der Waals surface area contributed by atoms with Crippen LogP contribution in [0.15, 0.2) is 144 Å². The summed E-state index contributed by atoms with van der Waals surface area (Å²) in [5.74, 6) is 0. The highest BCUT2D eigenvalue weighted by Gasteiger charge is 2.10. The maximum atomic E-state index is 4.78. The molecule has 0 unspecified atom stereocenters. The molecule has 0 saturated heterocycles. The van der Waals surface area contributed by atoms with Crippen molar-refractivity contribution in [3.05, 3.63) is 161 Å². The van der Waals surface area contributed by atoms with Crippen LogP contribution in [0.5, 0.6) is 0 Å². The van der Waals surface area contributed by atoms with E-state index in [4.69, 9.17) is 10.2 Å². The van der Waals surface area contributed by atoms with Gasteiger partial charge in [-0.25, -0.2) is 0 Å². The monoisotopic (exact) mass is 736 g/mol. The van der Waals surface area contributed by atoms with Crippen molar-refractivity contribution in [1.29, 1.82) is 0 Å². The summed E-state index contributed by atoms with van der Waals surface area (Å²) in [6.45, 7) is 14.4. The Morgan fingerprint density at radius 1 is 0.482 bits per heavy atom. The molecule has 0 N–H and O–H groups in total. The lowest BCUT2D eigenvalue weighted by Gasteiger charge is -2.06. The minimum Gasteiger partial charge on any atom is -0.192 e. The van der Waals surface area contributed by atoms with Gasteiger partial charge in [0, 0.05) is 17.8 Å². The molecule has 0 bridgehead atoms. The number of nitrogens with zero attached hydrogens (tertiary/aromatic N) is 8. The van der Waals surface area contributed by atoms with E-state index in [9.17, 15) is 0 Å². The third-order valence-corrected chi connectivity index (χ3v) is 9.20. The Morgan fingerprint density at radius 3 is 1.48 bits per heavy atom. The first-order valence-corrected chi connectivity index (χ1v) is 19.2. The van der Waals surface area contributed by atoms with Crippen LogP contribution in [-0.2, 0) is 0 Å². The van der Waals surface area contributed by atoms with Crippen LogP contribution in [0.4, 0.5) is 5.69 Å². The number of aryl methyl sites for hydroxylation is 3. The first-order chi connectivity index (χ1) is 27.4. The Hall–Kier alpha value is -6.80. The quantitative estimate of drug-likeness (QED) is 0.130. The molecule has 280 valence electrons. The molecular formula is C48H48N8. The van der Waals surface area contributed by atoms with E-state index >= 15 is 0 Å². The van der Waals surface area contributed by atoms with Crippen molar-refractivity contribution < 1.29 is 0 Å². The lowest BCUT2D eigenvalue weighted by molar-refractivity contribution is 0.765. The molecule has 8 nitrogen and oxygen atoms in total. The smallest absolute Gasteiger partial charge is 0.121 e. The standard InChI is InChI=1S/C27H23N3.C17H13N5.2C2H6/c1-18-8-9-21(19(2)16-18)10-11-22-12-14-24(17-20(22)3)30-28-26-15-13-23-6-4-5-7-25(23)27(26)29-30;1-18-19-13-7-9-14(10-8-13)22-20-16-11-6-12-4-2-3-5-15(12)17(16)21-22;2*1-2/h4-17H,1-3H3;2-11H,1H3;2*1-2H3. The van der Waals surface area contributed by atoms with E-state index in [-0.39, 0.29) is 0 Å². The van der Waals surface area contributed by atoms with Crippen LogP contribution in [-0.4, -0.2) is 37.0 Å². The van der Waals surface area contributed by atoms with Gasteiger partial charge in [0.1, 0.15) is 22.1 Å². The summed E-state index contributed by atoms with van der Waals surface area (Å²) in [6.07, 6.45) is 4.36. The first-order valence-electron chi connectivity index (χ1n) is 19.2. The molecule has 0 saturated carbocycles. The Balaban J connectivity index is 0.000000181. The van der Waals surface area contributed by atoms with Crippen molar-refractivity contribution in [3.63, 3.8) is 0 Å². The number of benzene rings is 7. The van der Waals surface area contributed by atoms with Crippen LogP contribution in [0.25, 0.3) is 67.1 Å². The molecule has 0 atom stereocenters. The summed E-state index contributed by atoms with van der Waals surface area (Å²) in [5, 5.41) is 31.0. The molecule has 0 aliphatic rings. The van der Waals surface area contributed by atoms with Crippen molar-refractivity contribution in [3.8, 4) is 11.4 Å². The molecule has 7 aromatic carbocycles. The van der Waals surface area contributed by atoms with Gasteiger partial charge in [-0.05, 0) is 102 Å². The number of azo groups is 1. The molecule has 2 heterocycles. The van der Waals surface area contributed by atoms with Gasteiger partial charge in [0.2, 0.25) is 0 Å². The topological polar surface area (TPSA) is 86.1 Å². The van der Waals surface area contributed by atoms with Gasteiger partial charge >= 0.3 is 0 Å². The molecule has 56 heavy (non-hydrogen) atoms. The molecule has 0 spiro atoms.